The number of hydrogen-bond acceptors (Lipinski definition) is 1. The fourth-order valence-electron chi connectivity index (χ4n) is 3.52. The number of rotatable bonds is 2. The lowest BCUT2D eigenvalue weighted by Crippen LogP contribution is -2.57. The summed E-state index contributed by atoms with van der Waals surface area (Å²) in [6.45, 7) is 10.9. The molecule has 2 heterocycles. The second-order valence-corrected chi connectivity index (χ2v) is 6.01. The minimum absolute atomic E-state index is 0.666. The highest BCUT2D eigenvalue weighted by Gasteiger charge is 2.46. The Morgan fingerprint density at radius 1 is 1.07 bits per heavy atom. The number of nitrogens with zero attached hydrogens (tertiary/aromatic N) is 1. The van der Waals surface area contributed by atoms with Gasteiger partial charge < -0.3 is 0 Å². The fourth-order valence-corrected chi connectivity index (χ4v) is 3.52. The zero-order valence-corrected chi connectivity index (χ0v) is 10.2. The lowest BCUT2D eigenvalue weighted by atomic mass is 9.62. The normalized spacial score (nSPS) is 38.6. The zero-order valence-electron chi connectivity index (χ0n) is 10.2. The summed E-state index contributed by atoms with van der Waals surface area (Å²) in [5.74, 6) is 0.866. The highest BCUT2D eigenvalue weighted by Crippen LogP contribution is 2.49. The van der Waals surface area contributed by atoms with Gasteiger partial charge in [0.2, 0.25) is 0 Å². The minimum atomic E-state index is 0.666. The Kier molecular flexibility index (Phi) is 2.63. The van der Waals surface area contributed by atoms with Crippen molar-refractivity contribution in [3.05, 3.63) is 0 Å². The predicted octanol–water partition coefficient (Wildman–Crippen LogP) is 3.30. The average Bonchev–Trinajstić information content (AvgIpc) is 2.19. The smallest absolute Gasteiger partial charge is 0.00986 e. The van der Waals surface area contributed by atoms with Crippen LogP contribution in [0.3, 0.4) is 0 Å². The molecule has 2 aliphatic heterocycles. The van der Waals surface area contributed by atoms with Gasteiger partial charge in [0.05, 0.1) is 0 Å². The standard InChI is InChI=1S/C13H25N/c1-10(2)13-7-5-12(6-8-13)14(9-13)11(3)4/h10-12H,5-9H2,1-4H3. The number of fused-ring (bicyclic) bond motifs is 3. The van der Waals surface area contributed by atoms with E-state index >= 15 is 0 Å². The van der Waals surface area contributed by atoms with Crippen LogP contribution in [0.4, 0.5) is 0 Å². The van der Waals surface area contributed by atoms with Crippen molar-refractivity contribution >= 4 is 0 Å². The summed E-state index contributed by atoms with van der Waals surface area (Å²) in [7, 11) is 0. The van der Waals surface area contributed by atoms with Crippen LogP contribution in [0, 0.1) is 11.3 Å². The van der Waals surface area contributed by atoms with E-state index in [2.05, 4.69) is 32.6 Å². The largest absolute Gasteiger partial charge is 0.297 e. The van der Waals surface area contributed by atoms with Crippen LogP contribution >= 0.6 is 0 Å². The van der Waals surface area contributed by atoms with Gasteiger partial charge in [-0.25, -0.2) is 0 Å². The van der Waals surface area contributed by atoms with Crippen molar-refractivity contribution in [2.24, 2.45) is 11.3 Å². The second-order valence-electron chi connectivity index (χ2n) is 6.01. The van der Waals surface area contributed by atoms with Gasteiger partial charge in [-0.1, -0.05) is 13.8 Å². The van der Waals surface area contributed by atoms with E-state index in [1.807, 2.05) is 0 Å². The highest BCUT2D eigenvalue weighted by atomic mass is 15.2. The van der Waals surface area contributed by atoms with Gasteiger partial charge >= 0.3 is 0 Å². The molecule has 1 aliphatic carbocycles. The first-order valence-corrected chi connectivity index (χ1v) is 6.31. The molecule has 0 atom stereocenters. The molecular formula is C13H25N. The van der Waals surface area contributed by atoms with Crippen molar-refractivity contribution in [3.63, 3.8) is 0 Å². The average molecular weight is 195 g/mol. The van der Waals surface area contributed by atoms with Gasteiger partial charge in [-0.15, -0.1) is 0 Å². The van der Waals surface area contributed by atoms with E-state index in [1.165, 1.54) is 32.2 Å². The molecule has 82 valence electrons. The van der Waals surface area contributed by atoms with Crippen molar-refractivity contribution in [2.45, 2.75) is 65.5 Å². The molecule has 14 heavy (non-hydrogen) atoms. The Hall–Kier alpha value is -0.0400. The maximum atomic E-state index is 2.76. The summed E-state index contributed by atoms with van der Waals surface area (Å²) in [4.78, 5) is 2.76. The van der Waals surface area contributed by atoms with E-state index in [0.29, 0.717) is 5.41 Å². The summed E-state index contributed by atoms with van der Waals surface area (Å²) in [5, 5.41) is 0. The Labute approximate surface area is 88.9 Å². The molecule has 0 N–H and O–H groups in total. The van der Waals surface area contributed by atoms with Crippen LogP contribution in [0.5, 0.6) is 0 Å². The molecule has 3 rings (SSSR count). The molecule has 0 aromatic carbocycles. The minimum Gasteiger partial charge on any atom is -0.297 e. The number of hydrogen-bond donors (Lipinski definition) is 0. The zero-order chi connectivity index (χ0) is 10.3. The van der Waals surface area contributed by atoms with Gasteiger partial charge in [0.1, 0.15) is 0 Å². The molecule has 0 aromatic heterocycles. The third-order valence-electron chi connectivity index (χ3n) is 4.81. The van der Waals surface area contributed by atoms with E-state index in [9.17, 15) is 0 Å². The van der Waals surface area contributed by atoms with Crippen LogP contribution in [0.2, 0.25) is 0 Å². The van der Waals surface area contributed by atoms with Gasteiger partial charge in [-0.3, -0.25) is 4.90 Å². The maximum Gasteiger partial charge on any atom is 0.00986 e. The van der Waals surface area contributed by atoms with Gasteiger partial charge in [0.25, 0.3) is 0 Å². The van der Waals surface area contributed by atoms with Crippen molar-refractivity contribution in [1.82, 2.24) is 4.90 Å². The van der Waals surface area contributed by atoms with Crippen LogP contribution in [0.1, 0.15) is 53.4 Å². The molecule has 0 radical (unpaired) electrons. The van der Waals surface area contributed by atoms with Crippen LogP contribution < -0.4 is 0 Å². The summed E-state index contributed by atoms with van der Waals surface area (Å²) in [5.41, 5.74) is 0.666. The van der Waals surface area contributed by atoms with Crippen LogP contribution in [-0.4, -0.2) is 23.5 Å². The molecule has 2 bridgehead atoms. The van der Waals surface area contributed by atoms with Crippen LogP contribution in [0.15, 0.2) is 0 Å². The third kappa shape index (κ3) is 1.50. The van der Waals surface area contributed by atoms with E-state index in [0.717, 1.165) is 18.0 Å². The van der Waals surface area contributed by atoms with E-state index in [4.69, 9.17) is 0 Å². The van der Waals surface area contributed by atoms with Gasteiger partial charge in [0, 0.05) is 18.6 Å². The van der Waals surface area contributed by atoms with E-state index < -0.39 is 0 Å². The van der Waals surface area contributed by atoms with Crippen molar-refractivity contribution in [3.8, 4) is 0 Å². The van der Waals surface area contributed by atoms with E-state index in [-0.39, 0.29) is 0 Å². The van der Waals surface area contributed by atoms with Gasteiger partial charge in [-0.05, 0) is 50.9 Å². The topological polar surface area (TPSA) is 3.24 Å². The molecule has 0 spiro atoms. The molecule has 1 nitrogen and oxygen atoms in total. The molecular weight excluding hydrogens is 170 g/mol. The summed E-state index contributed by atoms with van der Waals surface area (Å²) in [6, 6.07) is 1.66. The molecule has 3 aliphatic rings. The lowest BCUT2D eigenvalue weighted by Gasteiger charge is -2.56. The third-order valence-corrected chi connectivity index (χ3v) is 4.81. The quantitative estimate of drug-likeness (QED) is 0.653. The molecule has 0 aromatic rings. The molecule has 2 saturated heterocycles. The SMILES string of the molecule is CC(C)N1CC2(C(C)C)CCC1CC2. The number of piperidine rings is 2. The molecule has 3 fully saturated rings. The Morgan fingerprint density at radius 2 is 1.64 bits per heavy atom. The summed E-state index contributed by atoms with van der Waals surface area (Å²) < 4.78 is 0. The lowest BCUT2D eigenvalue weighted by molar-refractivity contribution is -0.0626. The molecule has 1 heteroatoms. The Balaban J connectivity index is 2.15. The van der Waals surface area contributed by atoms with Crippen molar-refractivity contribution in [2.75, 3.05) is 6.54 Å². The summed E-state index contributed by atoms with van der Waals surface area (Å²) >= 11 is 0. The maximum absolute atomic E-state index is 2.76. The summed E-state index contributed by atoms with van der Waals surface area (Å²) in [6.07, 6.45) is 5.88. The highest BCUT2D eigenvalue weighted by molar-refractivity contribution is 4.99. The van der Waals surface area contributed by atoms with Gasteiger partial charge in [-0.2, -0.15) is 0 Å². The van der Waals surface area contributed by atoms with Crippen molar-refractivity contribution in [1.29, 1.82) is 0 Å². The van der Waals surface area contributed by atoms with Crippen LogP contribution in [-0.2, 0) is 0 Å². The molecule has 0 unspecified atom stereocenters. The van der Waals surface area contributed by atoms with Crippen LogP contribution in [0.25, 0.3) is 0 Å². The Bertz CT molecular complexity index is 199. The monoisotopic (exact) mass is 195 g/mol. The first kappa shape index (κ1) is 10.5. The first-order valence-electron chi connectivity index (χ1n) is 6.31. The Morgan fingerprint density at radius 3 is 2.07 bits per heavy atom. The molecule has 0 amide bonds. The van der Waals surface area contributed by atoms with Gasteiger partial charge in [0.15, 0.2) is 0 Å². The van der Waals surface area contributed by atoms with E-state index in [1.54, 1.807) is 0 Å². The fraction of sp³-hybridized carbons (Fsp3) is 1.00. The second kappa shape index (κ2) is 3.52. The first-order chi connectivity index (χ1) is 6.55. The molecule has 1 saturated carbocycles. The van der Waals surface area contributed by atoms with Crippen molar-refractivity contribution < 1.29 is 0 Å². The predicted molar refractivity (Wildman–Crippen MR) is 61.4 cm³/mol.